The molecule has 0 N–H and O–H groups in total. The van der Waals surface area contributed by atoms with E-state index in [-0.39, 0.29) is 5.92 Å². The molecule has 0 aliphatic carbocycles. The van der Waals surface area contributed by atoms with Gasteiger partial charge in [0.25, 0.3) is 0 Å². The van der Waals surface area contributed by atoms with Gasteiger partial charge < -0.3 is 0 Å². The summed E-state index contributed by atoms with van der Waals surface area (Å²) in [6, 6.07) is 24.8. The fourth-order valence-corrected chi connectivity index (χ4v) is 2.75. The van der Waals surface area contributed by atoms with Crippen LogP contribution in [0.3, 0.4) is 0 Å². The van der Waals surface area contributed by atoms with Crippen LogP contribution in [0.1, 0.15) is 28.2 Å². The van der Waals surface area contributed by atoms with E-state index >= 15 is 0 Å². The number of halogens is 3. The van der Waals surface area contributed by atoms with Crippen LogP contribution in [0.5, 0.6) is 0 Å². The highest BCUT2D eigenvalue weighted by atomic mass is 19.4. The first-order valence-corrected chi connectivity index (χ1v) is 7.99. The van der Waals surface area contributed by atoms with E-state index in [1.165, 1.54) is 12.1 Å². The number of alkyl halides is 3. The molecule has 3 aromatic carbocycles. The molecule has 0 heterocycles. The van der Waals surface area contributed by atoms with Crippen LogP contribution >= 0.6 is 0 Å². The Hall–Kier alpha value is -2.81. The molecule has 0 radical (unpaired) electrons. The van der Waals surface area contributed by atoms with Gasteiger partial charge in [-0.25, -0.2) is 0 Å². The number of rotatable bonds is 4. The summed E-state index contributed by atoms with van der Waals surface area (Å²) in [5, 5.41) is 0. The second-order valence-corrected chi connectivity index (χ2v) is 5.78. The lowest BCUT2D eigenvalue weighted by Gasteiger charge is -2.16. The lowest BCUT2D eigenvalue weighted by atomic mass is 9.89. The van der Waals surface area contributed by atoms with Gasteiger partial charge in [0, 0.05) is 5.92 Å². The van der Waals surface area contributed by atoms with Gasteiger partial charge in [-0.1, -0.05) is 91.0 Å². The minimum Gasteiger partial charge on any atom is -0.166 e. The number of allylic oxidation sites excluding steroid dienone is 1. The summed E-state index contributed by atoms with van der Waals surface area (Å²) in [7, 11) is 0. The fourth-order valence-electron chi connectivity index (χ4n) is 2.75. The average molecular weight is 338 g/mol. The standard InChI is InChI=1S/C22H17F3/c23-22(24,25)20-13-7-12-19(16-20)21(18-10-5-2-6-11-18)15-14-17-8-3-1-4-9-17/h1-16,21H/b15-14+. The molecule has 0 saturated carbocycles. The maximum atomic E-state index is 13.1. The van der Waals surface area contributed by atoms with Crippen LogP contribution in [0.4, 0.5) is 13.2 Å². The van der Waals surface area contributed by atoms with Crippen LogP contribution in [-0.4, -0.2) is 0 Å². The third kappa shape index (κ3) is 4.38. The molecule has 0 aromatic heterocycles. The maximum absolute atomic E-state index is 13.1. The summed E-state index contributed by atoms with van der Waals surface area (Å²) in [6.07, 6.45) is -0.460. The van der Waals surface area contributed by atoms with E-state index in [0.717, 1.165) is 17.2 Å². The third-order valence-electron chi connectivity index (χ3n) is 4.01. The Labute approximate surface area is 145 Å². The second kappa shape index (κ2) is 7.39. The molecule has 3 heteroatoms. The topological polar surface area (TPSA) is 0 Å². The first-order valence-electron chi connectivity index (χ1n) is 7.99. The Bertz CT molecular complexity index is 834. The van der Waals surface area contributed by atoms with E-state index < -0.39 is 11.7 Å². The third-order valence-corrected chi connectivity index (χ3v) is 4.01. The van der Waals surface area contributed by atoms with Crippen LogP contribution in [0, 0.1) is 0 Å². The molecule has 3 aromatic rings. The predicted molar refractivity (Wildman–Crippen MR) is 95.2 cm³/mol. The smallest absolute Gasteiger partial charge is 0.166 e. The number of hydrogen-bond acceptors (Lipinski definition) is 0. The first-order chi connectivity index (χ1) is 12.0. The molecule has 0 amide bonds. The van der Waals surface area contributed by atoms with Gasteiger partial charge in [-0.3, -0.25) is 0 Å². The Morgan fingerprint density at radius 3 is 1.92 bits per heavy atom. The lowest BCUT2D eigenvalue weighted by molar-refractivity contribution is -0.137. The SMILES string of the molecule is FC(F)(F)c1cccc(C(/C=C/c2ccccc2)c2ccccc2)c1. The minimum absolute atomic E-state index is 0.247. The Balaban J connectivity index is 2.02. The van der Waals surface area contributed by atoms with Crippen molar-refractivity contribution in [1.29, 1.82) is 0 Å². The first kappa shape index (κ1) is 17.0. The highest BCUT2D eigenvalue weighted by molar-refractivity contribution is 5.53. The van der Waals surface area contributed by atoms with Crippen LogP contribution in [0.2, 0.25) is 0 Å². The molecule has 1 unspecified atom stereocenters. The van der Waals surface area contributed by atoms with E-state index in [0.29, 0.717) is 5.56 Å². The van der Waals surface area contributed by atoms with Gasteiger partial charge in [0.2, 0.25) is 0 Å². The van der Waals surface area contributed by atoms with Crippen LogP contribution < -0.4 is 0 Å². The van der Waals surface area contributed by atoms with Gasteiger partial charge in [-0.15, -0.1) is 0 Å². The number of benzene rings is 3. The summed E-state index contributed by atoms with van der Waals surface area (Å²) < 4.78 is 39.2. The molecule has 0 spiro atoms. The van der Waals surface area contributed by atoms with E-state index in [9.17, 15) is 13.2 Å². The van der Waals surface area contributed by atoms with Crippen LogP contribution in [-0.2, 0) is 6.18 Å². The molecule has 0 nitrogen and oxygen atoms in total. The van der Waals surface area contributed by atoms with Crippen molar-refractivity contribution in [2.75, 3.05) is 0 Å². The van der Waals surface area contributed by atoms with Crippen LogP contribution in [0.25, 0.3) is 6.08 Å². The van der Waals surface area contributed by atoms with Gasteiger partial charge in [0.15, 0.2) is 0 Å². The van der Waals surface area contributed by atoms with Gasteiger partial charge in [0.05, 0.1) is 5.56 Å². The van der Waals surface area contributed by atoms with Crippen molar-refractivity contribution in [3.63, 3.8) is 0 Å². The molecule has 1 atom stereocenters. The summed E-state index contributed by atoms with van der Waals surface area (Å²) in [6.45, 7) is 0. The average Bonchev–Trinajstić information content (AvgIpc) is 2.63. The maximum Gasteiger partial charge on any atom is 0.416 e. The summed E-state index contributed by atoms with van der Waals surface area (Å²) >= 11 is 0. The molecule has 0 saturated heterocycles. The van der Waals surface area contributed by atoms with Crippen molar-refractivity contribution in [1.82, 2.24) is 0 Å². The molecule has 25 heavy (non-hydrogen) atoms. The highest BCUT2D eigenvalue weighted by Crippen LogP contribution is 2.33. The number of hydrogen-bond donors (Lipinski definition) is 0. The zero-order valence-corrected chi connectivity index (χ0v) is 13.4. The largest absolute Gasteiger partial charge is 0.416 e. The van der Waals surface area contributed by atoms with Crippen molar-refractivity contribution in [3.8, 4) is 0 Å². The summed E-state index contributed by atoms with van der Waals surface area (Å²) in [4.78, 5) is 0. The predicted octanol–water partition coefficient (Wildman–Crippen LogP) is 6.55. The zero-order chi connectivity index (χ0) is 17.7. The quantitative estimate of drug-likeness (QED) is 0.506. The van der Waals surface area contributed by atoms with Crippen molar-refractivity contribution < 1.29 is 13.2 Å². The van der Waals surface area contributed by atoms with Crippen LogP contribution in [0.15, 0.2) is 91.0 Å². The Kier molecular flexibility index (Phi) is 5.03. The summed E-state index contributed by atoms with van der Waals surface area (Å²) in [5.74, 6) is -0.247. The van der Waals surface area contributed by atoms with E-state index in [2.05, 4.69) is 0 Å². The molecular weight excluding hydrogens is 321 g/mol. The Morgan fingerprint density at radius 1 is 0.680 bits per heavy atom. The fraction of sp³-hybridized carbons (Fsp3) is 0.0909. The van der Waals surface area contributed by atoms with Gasteiger partial charge in [-0.2, -0.15) is 13.2 Å². The lowest BCUT2D eigenvalue weighted by Crippen LogP contribution is -2.07. The van der Waals surface area contributed by atoms with Crippen molar-refractivity contribution in [3.05, 3.63) is 113 Å². The minimum atomic E-state index is -4.35. The molecule has 0 aliphatic heterocycles. The normalized spacial score (nSPS) is 13.1. The monoisotopic (exact) mass is 338 g/mol. The van der Waals surface area contributed by atoms with E-state index in [1.807, 2.05) is 72.8 Å². The molecule has 0 aliphatic rings. The van der Waals surface area contributed by atoms with E-state index in [4.69, 9.17) is 0 Å². The van der Waals surface area contributed by atoms with Crippen molar-refractivity contribution in [2.24, 2.45) is 0 Å². The van der Waals surface area contributed by atoms with Gasteiger partial charge >= 0.3 is 6.18 Å². The van der Waals surface area contributed by atoms with Gasteiger partial charge in [0.1, 0.15) is 0 Å². The van der Waals surface area contributed by atoms with E-state index in [1.54, 1.807) is 6.07 Å². The Morgan fingerprint density at radius 2 is 1.28 bits per heavy atom. The zero-order valence-electron chi connectivity index (χ0n) is 13.4. The molecule has 0 fully saturated rings. The van der Waals surface area contributed by atoms with Crippen molar-refractivity contribution >= 4 is 6.08 Å². The molecule has 3 rings (SSSR count). The molecular formula is C22H17F3. The molecule has 0 bridgehead atoms. The van der Waals surface area contributed by atoms with Gasteiger partial charge in [-0.05, 0) is 22.8 Å². The summed E-state index contributed by atoms with van der Waals surface area (Å²) in [5.41, 5.74) is 1.96. The molecule has 126 valence electrons. The highest BCUT2D eigenvalue weighted by Gasteiger charge is 2.30. The van der Waals surface area contributed by atoms with Crippen molar-refractivity contribution in [2.45, 2.75) is 12.1 Å². The second-order valence-electron chi connectivity index (χ2n) is 5.78.